The summed E-state index contributed by atoms with van der Waals surface area (Å²) in [5.74, 6) is -1.60. The monoisotopic (exact) mass is 484 g/mol. The van der Waals surface area contributed by atoms with Crippen LogP contribution < -0.4 is 4.74 Å². The average Bonchev–Trinajstić information content (AvgIpc) is 2.86. The van der Waals surface area contributed by atoms with E-state index in [1.807, 2.05) is 6.92 Å². The lowest BCUT2D eigenvalue weighted by Gasteiger charge is -2.29. The van der Waals surface area contributed by atoms with Crippen molar-refractivity contribution in [1.29, 1.82) is 0 Å². The summed E-state index contributed by atoms with van der Waals surface area (Å²) in [6.45, 7) is 4.14. The highest BCUT2D eigenvalue weighted by atomic mass is 19.2. The van der Waals surface area contributed by atoms with E-state index >= 15 is 4.39 Å². The Bertz CT molecular complexity index is 1140. The van der Waals surface area contributed by atoms with E-state index < -0.39 is 17.7 Å². The minimum absolute atomic E-state index is 0.0446. The first-order valence-electron chi connectivity index (χ1n) is 12.2. The summed E-state index contributed by atoms with van der Waals surface area (Å²) in [6.07, 6.45) is 2.09. The lowest BCUT2D eigenvalue weighted by molar-refractivity contribution is 0.0118. The van der Waals surface area contributed by atoms with Gasteiger partial charge in [0.2, 0.25) is 0 Å². The molecule has 0 radical (unpaired) electrons. The van der Waals surface area contributed by atoms with Gasteiger partial charge in [-0.2, -0.15) is 0 Å². The van der Waals surface area contributed by atoms with Crippen LogP contribution in [0.5, 0.6) is 5.75 Å². The van der Waals surface area contributed by atoms with Gasteiger partial charge in [-0.3, -0.25) is 0 Å². The molecule has 3 aromatic carbocycles. The van der Waals surface area contributed by atoms with Gasteiger partial charge in [0.05, 0.1) is 25.4 Å². The van der Waals surface area contributed by atoms with E-state index in [1.165, 1.54) is 6.07 Å². The minimum atomic E-state index is -0.850. The second-order valence-corrected chi connectivity index (χ2v) is 9.10. The smallest absolute Gasteiger partial charge is 0.166 e. The van der Waals surface area contributed by atoms with Crippen molar-refractivity contribution in [3.05, 3.63) is 88.7 Å². The predicted molar refractivity (Wildman–Crippen MR) is 130 cm³/mol. The molecule has 0 aromatic heterocycles. The summed E-state index contributed by atoms with van der Waals surface area (Å²) in [7, 11) is 0. The van der Waals surface area contributed by atoms with E-state index in [0.29, 0.717) is 54.7 Å². The fourth-order valence-corrected chi connectivity index (χ4v) is 4.69. The van der Waals surface area contributed by atoms with Gasteiger partial charge in [0.25, 0.3) is 0 Å². The zero-order valence-corrected chi connectivity index (χ0v) is 20.1. The molecule has 1 aliphatic carbocycles. The summed E-state index contributed by atoms with van der Waals surface area (Å²) in [4.78, 5) is 0. The number of benzene rings is 3. The second kappa shape index (κ2) is 11.3. The maximum atomic E-state index is 15.0. The van der Waals surface area contributed by atoms with Crippen molar-refractivity contribution in [2.24, 2.45) is 0 Å². The second-order valence-electron chi connectivity index (χ2n) is 9.10. The van der Waals surface area contributed by atoms with Crippen LogP contribution >= 0.6 is 0 Å². The van der Waals surface area contributed by atoms with E-state index in [0.717, 1.165) is 5.56 Å². The molecule has 1 saturated carbocycles. The van der Waals surface area contributed by atoms with E-state index in [2.05, 4.69) is 0 Å². The Labute approximate surface area is 204 Å². The van der Waals surface area contributed by atoms with Crippen molar-refractivity contribution in [3.63, 3.8) is 0 Å². The van der Waals surface area contributed by atoms with E-state index in [4.69, 9.17) is 9.47 Å². The number of aliphatic hydroxyl groups is 1. The normalized spacial score (nSPS) is 18.9. The van der Waals surface area contributed by atoms with Gasteiger partial charge in [-0.05, 0) is 68.2 Å². The largest absolute Gasteiger partial charge is 0.494 e. The highest BCUT2D eigenvalue weighted by Crippen LogP contribution is 2.38. The number of rotatable bonds is 8. The van der Waals surface area contributed by atoms with Gasteiger partial charge >= 0.3 is 0 Å². The van der Waals surface area contributed by atoms with Crippen LogP contribution in [0, 0.1) is 17.5 Å². The Morgan fingerprint density at radius 1 is 0.914 bits per heavy atom. The third kappa shape index (κ3) is 5.88. The Balaban J connectivity index is 1.36. The Morgan fingerprint density at radius 3 is 2.26 bits per heavy atom. The van der Waals surface area contributed by atoms with Crippen LogP contribution in [-0.4, -0.2) is 17.8 Å². The van der Waals surface area contributed by atoms with Crippen LogP contribution in [0.2, 0.25) is 0 Å². The molecule has 1 unspecified atom stereocenters. The van der Waals surface area contributed by atoms with E-state index in [-0.39, 0.29) is 30.0 Å². The molecule has 3 nitrogen and oxygen atoms in total. The third-order valence-corrected chi connectivity index (χ3v) is 6.74. The van der Waals surface area contributed by atoms with Crippen LogP contribution in [-0.2, 0) is 11.3 Å². The molecule has 1 aliphatic rings. The molecule has 1 N–H and O–H groups in total. The molecule has 0 spiro atoms. The van der Waals surface area contributed by atoms with E-state index in [1.54, 1.807) is 55.5 Å². The van der Waals surface area contributed by atoms with Crippen molar-refractivity contribution in [1.82, 2.24) is 0 Å². The van der Waals surface area contributed by atoms with Gasteiger partial charge in [-0.25, -0.2) is 13.2 Å². The maximum Gasteiger partial charge on any atom is 0.166 e. The molecule has 4 rings (SSSR count). The minimum Gasteiger partial charge on any atom is -0.494 e. The molecule has 0 saturated heterocycles. The molecule has 0 bridgehead atoms. The number of halogens is 3. The first-order valence-corrected chi connectivity index (χ1v) is 12.2. The molecule has 3 aromatic rings. The lowest BCUT2D eigenvalue weighted by atomic mass is 9.82. The molecule has 1 atom stereocenters. The predicted octanol–water partition coefficient (Wildman–Crippen LogP) is 7.47. The SMILES string of the molecule is CCOc1ccc(COC2CCC(c3ccc(-c4ccc(C(C)O)cc4)c(F)c3F)CC2)c(F)c1. The van der Waals surface area contributed by atoms with Crippen LogP contribution in [0.15, 0.2) is 54.6 Å². The first kappa shape index (κ1) is 25.3. The van der Waals surface area contributed by atoms with Crippen LogP contribution in [0.3, 0.4) is 0 Å². The fraction of sp³-hybridized carbons (Fsp3) is 0.379. The quantitative estimate of drug-likeness (QED) is 0.361. The number of ether oxygens (including phenoxy) is 2. The zero-order chi connectivity index (χ0) is 24.9. The fourth-order valence-electron chi connectivity index (χ4n) is 4.69. The third-order valence-electron chi connectivity index (χ3n) is 6.74. The van der Waals surface area contributed by atoms with Crippen LogP contribution in [0.1, 0.15) is 68.2 Å². The Hall–Kier alpha value is -2.83. The first-order chi connectivity index (χ1) is 16.9. The summed E-state index contributed by atoms with van der Waals surface area (Å²) in [5.41, 5.74) is 2.35. The van der Waals surface area contributed by atoms with E-state index in [9.17, 15) is 13.9 Å². The molecule has 6 heteroatoms. The number of hydrogen-bond acceptors (Lipinski definition) is 3. The number of aliphatic hydroxyl groups excluding tert-OH is 1. The molecule has 186 valence electrons. The van der Waals surface area contributed by atoms with Gasteiger partial charge in [-0.15, -0.1) is 0 Å². The van der Waals surface area contributed by atoms with Gasteiger partial charge in [-0.1, -0.05) is 42.5 Å². The highest BCUT2D eigenvalue weighted by Gasteiger charge is 2.27. The summed E-state index contributed by atoms with van der Waals surface area (Å²) >= 11 is 0. The van der Waals surface area contributed by atoms with Gasteiger partial charge < -0.3 is 14.6 Å². The molecular formula is C29H31F3O3. The van der Waals surface area contributed by atoms with Gasteiger partial charge in [0.1, 0.15) is 11.6 Å². The van der Waals surface area contributed by atoms with Crippen molar-refractivity contribution >= 4 is 0 Å². The standard InChI is InChI=1S/C29H31F3O3/c1-3-34-24-13-10-22(27(30)16-24)17-35-23-11-8-21(9-12-23)26-15-14-25(28(31)29(26)32)20-6-4-19(5-7-20)18(2)33/h4-7,10,13-16,18,21,23,33H,3,8-9,11-12,17H2,1-2H3. The molecule has 35 heavy (non-hydrogen) atoms. The van der Waals surface area contributed by atoms with Crippen molar-refractivity contribution in [2.75, 3.05) is 6.61 Å². The van der Waals surface area contributed by atoms with Crippen molar-refractivity contribution in [3.8, 4) is 16.9 Å². The summed E-state index contributed by atoms with van der Waals surface area (Å²) in [5, 5.41) is 9.65. The maximum absolute atomic E-state index is 15.0. The lowest BCUT2D eigenvalue weighted by Crippen LogP contribution is -2.21. The summed E-state index contributed by atoms with van der Waals surface area (Å²) < 4.78 is 55.5. The highest BCUT2D eigenvalue weighted by molar-refractivity contribution is 5.65. The van der Waals surface area contributed by atoms with Crippen molar-refractivity contribution < 1.29 is 27.8 Å². The van der Waals surface area contributed by atoms with Crippen molar-refractivity contribution in [2.45, 2.75) is 64.3 Å². The molecule has 1 fully saturated rings. The Kier molecular flexibility index (Phi) is 8.14. The van der Waals surface area contributed by atoms with Crippen LogP contribution in [0.4, 0.5) is 13.2 Å². The summed E-state index contributed by atoms with van der Waals surface area (Å²) in [6, 6.07) is 14.9. The van der Waals surface area contributed by atoms with Gasteiger partial charge in [0.15, 0.2) is 11.6 Å². The number of hydrogen-bond donors (Lipinski definition) is 1. The average molecular weight is 485 g/mol. The van der Waals surface area contributed by atoms with Gasteiger partial charge in [0, 0.05) is 17.2 Å². The molecule has 0 amide bonds. The zero-order valence-electron chi connectivity index (χ0n) is 20.1. The topological polar surface area (TPSA) is 38.7 Å². The van der Waals surface area contributed by atoms with Crippen LogP contribution in [0.25, 0.3) is 11.1 Å². The molecular weight excluding hydrogens is 453 g/mol. The molecule has 0 aliphatic heterocycles. The molecule has 0 heterocycles. The Morgan fingerprint density at radius 2 is 1.63 bits per heavy atom.